The molecule has 1 aromatic rings. The predicted molar refractivity (Wildman–Crippen MR) is 108 cm³/mol. The van der Waals surface area contributed by atoms with Gasteiger partial charge in [0.05, 0.1) is 6.04 Å². The number of hydrogen-bond acceptors (Lipinski definition) is 6. The predicted octanol–water partition coefficient (Wildman–Crippen LogP) is -0.537. The Bertz CT molecular complexity index is 724. The molecule has 2 amide bonds. The van der Waals surface area contributed by atoms with Gasteiger partial charge in [-0.1, -0.05) is 17.7 Å². The Morgan fingerprint density at radius 2 is 2.07 bits per heavy atom. The van der Waals surface area contributed by atoms with E-state index in [2.05, 4.69) is 21.6 Å². The van der Waals surface area contributed by atoms with Crippen LogP contribution in [-0.2, 0) is 9.59 Å². The van der Waals surface area contributed by atoms with Gasteiger partial charge in [0, 0.05) is 56.0 Å². The normalized spacial score (nSPS) is 23.6. The number of hydrogen-bond donors (Lipinski definition) is 4. The summed E-state index contributed by atoms with van der Waals surface area (Å²) in [7, 11) is 0. The van der Waals surface area contributed by atoms with E-state index in [0.29, 0.717) is 26.1 Å². The number of nitrogens with zero attached hydrogens (tertiary/aromatic N) is 2. The first-order valence-corrected chi connectivity index (χ1v) is 9.99. The van der Waals surface area contributed by atoms with Gasteiger partial charge in [-0.25, -0.2) is 0 Å². The molecule has 3 atom stereocenters. The van der Waals surface area contributed by atoms with Crippen LogP contribution in [0.5, 0.6) is 0 Å². The van der Waals surface area contributed by atoms with Gasteiger partial charge in [0.1, 0.15) is 6.10 Å². The number of benzene rings is 1. The summed E-state index contributed by atoms with van der Waals surface area (Å²) in [6, 6.07) is 5.38. The second-order valence-corrected chi connectivity index (χ2v) is 7.76. The minimum atomic E-state index is -1.21. The van der Waals surface area contributed by atoms with E-state index in [1.807, 2.05) is 24.0 Å². The molecule has 5 N–H and O–H groups in total. The van der Waals surface area contributed by atoms with E-state index in [4.69, 9.17) is 17.3 Å². The lowest BCUT2D eigenvalue weighted by Crippen LogP contribution is -2.53. The van der Waals surface area contributed by atoms with Crippen molar-refractivity contribution in [2.45, 2.75) is 31.5 Å². The number of nitrogens with one attached hydrogen (secondary N) is 2. The number of nitrogens with two attached hydrogens (primary N) is 1. The minimum Gasteiger partial charge on any atom is -0.382 e. The van der Waals surface area contributed by atoms with Crippen molar-refractivity contribution in [3.63, 3.8) is 0 Å². The average Bonchev–Trinajstić information content (AvgIpc) is 3.17. The zero-order valence-corrected chi connectivity index (χ0v) is 16.8. The number of carbonyl (C=O) groups is 2. The number of aliphatic hydroxyl groups excluding tert-OH is 1. The minimum absolute atomic E-state index is 0.0542. The summed E-state index contributed by atoms with van der Waals surface area (Å²) in [6.45, 7) is 5.18. The molecule has 8 nitrogen and oxygen atoms in total. The van der Waals surface area contributed by atoms with Crippen molar-refractivity contribution in [3.05, 3.63) is 28.8 Å². The molecule has 0 spiro atoms. The van der Waals surface area contributed by atoms with Crippen molar-refractivity contribution < 1.29 is 14.7 Å². The third-order valence-electron chi connectivity index (χ3n) is 5.47. The number of anilines is 1. The van der Waals surface area contributed by atoms with E-state index in [1.165, 1.54) is 0 Å². The Hall–Kier alpha value is -1.87. The molecule has 0 radical (unpaired) electrons. The van der Waals surface area contributed by atoms with Crippen LogP contribution in [0, 0.1) is 6.92 Å². The van der Waals surface area contributed by atoms with Crippen molar-refractivity contribution in [2.75, 3.05) is 44.2 Å². The maximum absolute atomic E-state index is 12.8. The second kappa shape index (κ2) is 9.09. The van der Waals surface area contributed by atoms with Crippen molar-refractivity contribution in [1.82, 2.24) is 15.5 Å². The van der Waals surface area contributed by atoms with Crippen LogP contribution < -0.4 is 21.3 Å². The quantitative estimate of drug-likeness (QED) is 0.520. The first-order valence-electron chi connectivity index (χ1n) is 9.61. The average molecular weight is 410 g/mol. The summed E-state index contributed by atoms with van der Waals surface area (Å²) >= 11 is 6.22. The van der Waals surface area contributed by atoms with Gasteiger partial charge in [0.2, 0.25) is 11.8 Å². The molecule has 154 valence electrons. The monoisotopic (exact) mass is 409 g/mol. The Morgan fingerprint density at radius 1 is 1.36 bits per heavy atom. The van der Waals surface area contributed by atoms with Crippen molar-refractivity contribution in [2.24, 2.45) is 5.73 Å². The maximum Gasteiger partial charge on any atom is 0.250 e. The van der Waals surface area contributed by atoms with Crippen molar-refractivity contribution in [3.8, 4) is 0 Å². The standard InChI is InChI=1S/C19H28ClN5O3/c1-12-14(20)3-2-4-16(12)24-5-7-25(8-6-24)19(28)15-9-13(11-22-15)23-18(27)17(26)10-21/h2-4,13,15,17,22,26H,5-11,21H2,1H3,(H,23,27)/t13-,15+,17-/m0/s1. The van der Waals surface area contributed by atoms with E-state index in [9.17, 15) is 14.7 Å². The van der Waals surface area contributed by atoms with Gasteiger partial charge < -0.3 is 31.3 Å². The zero-order valence-electron chi connectivity index (χ0n) is 16.0. The molecule has 2 heterocycles. The molecule has 0 aliphatic carbocycles. The highest BCUT2D eigenvalue weighted by molar-refractivity contribution is 6.31. The summed E-state index contributed by atoms with van der Waals surface area (Å²) in [6.07, 6.45) is -0.701. The van der Waals surface area contributed by atoms with Gasteiger partial charge in [0.25, 0.3) is 0 Å². The van der Waals surface area contributed by atoms with Crippen LogP contribution in [0.1, 0.15) is 12.0 Å². The topological polar surface area (TPSA) is 111 Å². The Kier molecular flexibility index (Phi) is 6.77. The molecule has 2 saturated heterocycles. The van der Waals surface area contributed by atoms with Crippen LogP contribution in [0.15, 0.2) is 18.2 Å². The number of piperazine rings is 1. The molecule has 2 aliphatic rings. The van der Waals surface area contributed by atoms with E-state index in [0.717, 1.165) is 29.4 Å². The summed E-state index contributed by atoms with van der Waals surface area (Å²) < 4.78 is 0. The molecule has 3 rings (SSSR count). The maximum atomic E-state index is 12.8. The highest BCUT2D eigenvalue weighted by atomic mass is 35.5. The van der Waals surface area contributed by atoms with Crippen LogP contribution in [0.3, 0.4) is 0 Å². The molecule has 0 unspecified atom stereocenters. The lowest BCUT2D eigenvalue weighted by atomic mass is 10.1. The summed E-state index contributed by atoms with van der Waals surface area (Å²) in [5.41, 5.74) is 7.46. The highest BCUT2D eigenvalue weighted by Gasteiger charge is 2.34. The smallest absolute Gasteiger partial charge is 0.250 e. The molecule has 0 aromatic heterocycles. The van der Waals surface area contributed by atoms with Gasteiger partial charge in [-0.2, -0.15) is 0 Å². The van der Waals surface area contributed by atoms with E-state index < -0.39 is 12.0 Å². The van der Waals surface area contributed by atoms with Crippen LogP contribution in [-0.4, -0.2) is 79.3 Å². The van der Waals surface area contributed by atoms with Gasteiger partial charge in [-0.05, 0) is 31.0 Å². The number of carbonyl (C=O) groups excluding carboxylic acids is 2. The van der Waals surface area contributed by atoms with Gasteiger partial charge in [0.15, 0.2) is 0 Å². The van der Waals surface area contributed by atoms with E-state index >= 15 is 0 Å². The summed E-state index contributed by atoms with van der Waals surface area (Å²) in [5.74, 6) is -0.438. The first-order chi connectivity index (χ1) is 13.4. The molecule has 1 aromatic carbocycles. The Morgan fingerprint density at radius 3 is 2.75 bits per heavy atom. The fourth-order valence-corrected chi connectivity index (χ4v) is 3.93. The van der Waals surface area contributed by atoms with Crippen LogP contribution in [0.2, 0.25) is 5.02 Å². The number of halogens is 1. The number of rotatable bonds is 5. The molecule has 0 saturated carbocycles. The second-order valence-electron chi connectivity index (χ2n) is 7.35. The molecule has 2 fully saturated rings. The highest BCUT2D eigenvalue weighted by Crippen LogP contribution is 2.27. The van der Waals surface area contributed by atoms with E-state index in [-0.39, 0.29) is 24.5 Å². The molecular weight excluding hydrogens is 382 g/mol. The van der Waals surface area contributed by atoms with Gasteiger partial charge in [-0.15, -0.1) is 0 Å². The third kappa shape index (κ3) is 4.57. The van der Waals surface area contributed by atoms with Crippen LogP contribution in [0.4, 0.5) is 5.69 Å². The molecule has 9 heteroatoms. The Labute approximate surface area is 170 Å². The Balaban J connectivity index is 1.50. The summed E-state index contributed by atoms with van der Waals surface area (Å²) in [5, 5.41) is 16.1. The third-order valence-corrected chi connectivity index (χ3v) is 5.88. The fraction of sp³-hybridized carbons (Fsp3) is 0.579. The molecule has 28 heavy (non-hydrogen) atoms. The number of aliphatic hydroxyl groups is 1. The lowest BCUT2D eigenvalue weighted by Gasteiger charge is -2.38. The lowest BCUT2D eigenvalue weighted by molar-refractivity contribution is -0.133. The largest absolute Gasteiger partial charge is 0.382 e. The first kappa shape index (κ1) is 20.9. The SMILES string of the molecule is Cc1c(Cl)cccc1N1CCN(C(=O)[C@H]2C[C@H](NC(=O)[C@@H](O)CN)CN2)CC1. The van der Waals surface area contributed by atoms with Crippen LogP contribution >= 0.6 is 11.6 Å². The van der Waals surface area contributed by atoms with E-state index in [1.54, 1.807) is 0 Å². The van der Waals surface area contributed by atoms with Crippen molar-refractivity contribution >= 4 is 29.1 Å². The van der Waals surface area contributed by atoms with Gasteiger partial charge in [-0.3, -0.25) is 9.59 Å². The molecule has 2 aliphatic heterocycles. The molecule has 0 bridgehead atoms. The van der Waals surface area contributed by atoms with Gasteiger partial charge >= 0.3 is 0 Å². The van der Waals surface area contributed by atoms with Crippen LogP contribution in [0.25, 0.3) is 0 Å². The fourth-order valence-electron chi connectivity index (χ4n) is 3.76. The molecular formula is C19H28ClN5O3. The zero-order chi connectivity index (χ0) is 20.3. The summed E-state index contributed by atoms with van der Waals surface area (Å²) in [4.78, 5) is 28.7. The van der Waals surface area contributed by atoms with Crippen molar-refractivity contribution in [1.29, 1.82) is 0 Å². The number of amides is 2.